The molecule has 0 spiro atoms. The van der Waals surface area contributed by atoms with Crippen molar-refractivity contribution in [2.24, 2.45) is 0 Å². The third kappa shape index (κ3) is 8.46. The molecule has 0 saturated heterocycles. The van der Waals surface area contributed by atoms with E-state index >= 15 is 0 Å². The Morgan fingerprint density at radius 1 is 0.791 bits per heavy atom. The molecule has 43 heavy (non-hydrogen) atoms. The van der Waals surface area contributed by atoms with Crippen LogP contribution in [0.1, 0.15) is 30.5 Å². The lowest BCUT2D eigenvalue weighted by Gasteiger charge is -2.34. The van der Waals surface area contributed by atoms with E-state index in [0.29, 0.717) is 10.7 Å². The standard InChI is InChI=1S/C34H36ClN3O4S/c1-25(2)36-34(40)32(22-27-10-6-4-7-11-27)37(23-28-16-14-26(3)15-17-28)33(39)24-38(30-12-8-5-9-13-30)43(41,42)31-20-18-29(35)19-21-31/h4-21,25,32H,22-24H2,1-3H3,(H,36,40)/t32-/m1/s1. The highest BCUT2D eigenvalue weighted by Gasteiger charge is 2.34. The van der Waals surface area contributed by atoms with Crippen LogP contribution in [-0.2, 0) is 32.6 Å². The van der Waals surface area contributed by atoms with E-state index in [1.807, 2.05) is 75.4 Å². The van der Waals surface area contributed by atoms with Gasteiger partial charge in [-0.2, -0.15) is 0 Å². The molecule has 0 heterocycles. The maximum atomic E-state index is 14.4. The van der Waals surface area contributed by atoms with Crippen LogP contribution < -0.4 is 9.62 Å². The largest absolute Gasteiger partial charge is 0.352 e. The van der Waals surface area contributed by atoms with E-state index in [1.165, 1.54) is 29.2 Å². The molecule has 0 unspecified atom stereocenters. The second-order valence-corrected chi connectivity index (χ2v) is 13.0. The Bertz CT molecular complexity index is 1610. The van der Waals surface area contributed by atoms with E-state index < -0.39 is 28.5 Å². The number of hydrogen-bond acceptors (Lipinski definition) is 4. The second-order valence-electron chi connectivity index (χ2n) is 10.7. The summed E-state index contributed by atoms with van der Waals surface area (Å²) in [5, 5.41) is 3.36. The highest BCUT2D eigenvalue weighted by atomic mass is 35.5. The van der Waals surface area contributed by atoms with Crippen molar-refractivity contribution < 1.29 is 18.0 Å². The monoisotopic (exact) mass is 617 g/mol. The van der Waals surface area contributed by atoms with Gasteiger partial charge in [0.2, 0.25) is 11.8 Å². The van der Waals surface area contributed by atoms with Crippen molar-refractivity contribution in [3.63, 3.8) is 0 Å². The van der Waals surface area contributed by atoms with Gasteiger partial charge in [0, 0.05) is 24.0 Å². The molecule has 0 fully saturated rings. The SMILES string of the molecule is Cc1ccc(CN(C(=O)CN(c2ccccc2)S(=O)(=O)c2ccc(Cl)cc2)[C@H](Cc2ccccc2)C(=O)NC(C)C)cc1. The third-order valence-electron chi connectivity index (χ3n) is 6.90. The Hall–Kier alpha value is -4.14. The lowest BCUT2D eigenvalue weighted by Crippen LogP contribution is -2.54. The Labute approximate surface area is 259 Å². The fourth-order valence-corrected chi connectivity index (χ4v) is 6.22. The summed E-state index contributed by atoms with van der Waals surface area (Å²) in [5.41, 5.74) is 3.08. The van der Waals surface area contributed by atoms with Crippen molar-refractivity contribution in [1.82, 2.24) is 10.2 Å². The van der Waals surface area contributed by atoms with E-state index in [2.05, 4.69) is 5.32 Å². The van der Waals surface area contributed by atoms with Crippen molar-refractivity contribution in [3.05, 3.63) is 131 Å². The van der Waals surface area contributed by atoms with E-state index in [9.17, 15) is 18.0 Å². The number of sulfonamides is 1. The van der Waals surface area contributed by atoms with E-state index in [0.717, 1.165) is 21.0 Å². The van der Waals surface area contributed by atoms with Crippen LogP contribution in [0.2, 0.25) is 5.02 Å². The van der Waals surface area contributed by atoms with Crippen molar-refractivity contribution in [1.29, 1.82) is 0 Å². The lowest BCUT2D eigenvalue weighted by molar-refractivity contribution is -0.140. The zero-order valence-electron chi connectivity index (χ0n) is 24.5. The van der Waals surface area contributed by atoms with Crippen LogP contribution in [0.25, 0.3) is 0 Å². The zero-order valence-corrected chi connectivity index (χ0v) is 26.1. The molecule has 0 aromatic heterocycles. The summed E-state index contributed by atoms with van der Waals surface area (Å²) >= 11 is 6.03. The van der Waals surface area contributed by atoms with Crippen LogP contribution in [0.3, 0.4) is 0 Å². The van der Waals surface area contributed by atoms with Crippen molar-refractivity contribution in [2.75, 3.05) is 10.8 Å². The van der Waals surface area contributed by atoms with Gasteiger partial charge in [0.1, 0.15) is 12.6 Å². The molecule has 224 valence electrons. The molecule has 0 radical (unpaired) electrons. The van der Waals surface area contributed by atoms with Crippen LogP contribution in [0, 0.1) is 6.92 Å². The lowest BCUT2D eigenvalue weighted by atomic mass is 10.0. The highest BCUT2D eigenvalue weighted by molar-refractivity contribution is 7.92. The predicted octanol–water partition coefficient (Wildman–Crippen LogP) is 6.01. The number of carbonyl (C=O) groups is 2. The number of anilines is 1. The second kappa shape index (κ2) is 14.4. The maximum Gasteiger partial charge on any atom is 0.264 e. The first-order valence-electron chi connectivity index (χ1n) is 14.1. The van der Waals surface area contributed by atoms with Crippen molar-refractivity contribution in [2.45, 2.75) is 50.7 Å². The number of rotatable bonds is 12. The number of hydrogen-bond donors (Lipinski definition) is 1. The quantitative estimate of drug-likeness (QED) is 0.211. The van der Waals surface area contributed by atoms with Gasteiger partial charge >= 0.3 is 0 Å². The van der Waals surface area contributed by atoms with Gasteiger partial charge in [-0.15, -0.1) is 0 Å². The molecule has 4 aromatic rings. The molecule has 9 heteroatoms. The molecule has 1 N–H and O–H groups in total. The Kier molecular flexibility index (Phi) is 10.6. The topological polar surface area (TPSA) is 86.8 Å². The first-order chi connectivity index (χ1) is 20.5. The number of nitrogens with one attached hydrogen (secondary N) is 1. The van der Waals surface area contributed by atoms with Crippen LogP contribution in [0.4, 0.5) is 5.69 Å². The van der Waals surface area contributed by atoms with E-state index in [4.69, 9.17) is 11.6 Å². The van der Waals surface area contributed by atoms with Gasteiger partial charge < -0.3 is 10.2 Å². The minimum Gasteiger partial charge on any atom is -0.352 e. The number of carbonyl (C=O) groups excluding carboxylic acids is 2. The van der Waals surface area contributed by atoms with Crippen molar-refractivity contribution >= 4 is 39.1 Å². The summed E-state index contributed by atoms with van der Waals surface area (Å²) < 4.78 is 29.0. The Morgan fingerprint density at radius 3 is 1.95 bits per heavy atom. The molecule has 4 rings (SSSR count). The first kappa shape index (κ1) is 31.8. The summed E-state index contributed by atoms with van der Waals surface area (Å²) in [6.45, 7) is 5.30. The molecule has 0 aliphatic rings. The van der Waals surface area contributed by atoms with Gasteiger partial charge in [-0.1, -0.05) is 90.0 Å². The van der Waals surface area contributed by atoms with Crippen LogP contribution >= 0.6 is 11.6 Å². The molecular formula is C34H36ClN3O4S. The van der Waals surface area contributed by atoms with Crippen LogP contribution in [0.5, 0.6) is 0 Å². The molecule has 0 bridgehead atoms. The highest BCUT2D eigenvalue weighted by Crippen LogP contribution is 2.26. The third-order valence-corrected chi connectivity index (χ3v) is 8.94. The Balaban J connectivity index is 1.78. The Morgan fingerprint density at radius 2 is 1.37 bits per heavy atom. The van der Waals surface area contributed by atoms with E-state index in [1.54, 1.807) is 30.3 Å². The molecule has 1 atom stereocenters. The van der Waals surface area contributed by atoms with Gasteiger partial charge in [0.05, 0.1) is 10.6 Å². The average molecular weight is 618 g/mol. The molecule has 0 aliphatic carbocycles. The van der Waals surface area contributed by atoms with Crippen LogP contribution in [0.15, 0.2) is 114 Å². The molecule has 7 nitrogen and oxygen atoms in total. The minimum absolute atomic E-state index is 0.00276. The molecule has 4 aromatic carbocycles. The number of amides is 2. The molecular weight excluding hydrogens is 582 g/mol. The van der Waals surface area contributed by atoms with E-state index in [-0.39, 0.29) is 29.8 Å². The van der Waals surface area contributed by atoms with Gasteiger partial charge in [-0.05, 0) is 68.3 Å². The maximum absolute atomic E-state index is 14.4. The summed E-state index contributed by atoms with van der Waals surface area (Å²) in [4.78, 5) is 29.6. The zero-order chi connectivity index (χ0) is 31.0. The van der Waals surface area contributed by atoms with Gasteiger partial charge in [-0.3, -0.25) is 13.9 Å². The summed E-state index contributed by atoms with van der Waals surface area (Å²) in [5.74, 6) is -0.826. The summed E-state index contributed by atoms with van der Waals surface area (Å²) in [6, 6.07) is 30.4. The molecule has 0 aliphatic heterocycles. The first-order valence-corrected chi connectivity index (χ1v) is 15.9. The predicted molar refractivity (Wildman–Crippen MR) is 171 cm³/mol. The number of halogens is 1. The van der Waals surface area contributed by atoms with Crippen LogP contribution in [-0.4, -0.2) is 43.8 Å². The van der Waals surface area contributed by atoms with Crippen molar-refractivity contribution in [3.8, 4) is 0 Å². The normalized spacial score (nSPS) is 12.0. The number of nitrogens with zero attached hydrogens (tertiary/aromatic N) is 2. The van der Waals surface area contributed by atoms with Gasteiger partial charge in [0.25, 0.3) is 10.0 Å². The smallest absolute Gasteiger partial charge is 0.264 e. The molecule has 0 saturated carbocycles. The number of para-hydroxylation sites is 1. The average Bonchev–Trinajstić information content (AvgIpc) is 2.99. The fourth-order valence-electron chi connectivity index (χ4n) is 4.68. The number of benzene rings is 4. The van der Waals surface area contributed by atoms with Gasteiger partial charge in [0.15, 0.2) is 0 Å². The minimum atomic E-state index is -4.18. The number of aryl methyl sites for hydroxylation is 1. The summed E-state index contributed by atoms with van der Waals surface area (Å²) in [6.07, 6.45) is 0.256. The fraction of sp³-hybridized carbons (Fsp3) is 0.235. The summed E-state index contributed by atoms with van der Waals surface area (Å²) in [7, 11) is -4.18. The van der Waals surface area contributed by atoms with Gasteiger partial charge in [-0.25, -0.2) is 8.42 Å². The molecule has 2 amide bonds.